The minimum atomic E-state index is -0.546. The summed E-state index contributed by atoms with van der Waals surface area (Å²) < 4.78 is 13.1. The number of aliphatic hydroxyl groups is 2. The van der Waals surface area contributed by atoms with E-state index in [1.165, 1.54) is 6.20 Å². The number of aromatic nitrogens is 2. The van der Waals surface area contributed by atoms with Crippen LogP contribution in [-0.4, -0.2) is 62.8 Å². The summed E-state index contributed by atoms with van der Waals surface area (Å²) in [5.41, 5.74) is 7.62. The van der Waals surface area contributed by atoms with Crippen LogP contribution in [-0.2, 0) is 22.6 Å². The van der Waals surface area contributed by atoms with Crippen molar-refractivity contribution in [3.8, 4) is 11.1 Å². The van der Waals surface area contributed by atoms with Crippen molar-refractivity contribution in [2.75, 3.05) is 19.7 Å². The molecule has 3 heterocycles. The molecule has 1 amide bonds. The lowest BCUT2D eigenvalue weighted by molar-refractivity contribution is -0.253. The van der Waals surface area contributed by atoms with Crippen LogP contribution < -0.4 is 5.32 Å². The Bertz CT molecular complexity index is 1850. The molecule has 4 unspecified atom stereocenters. The van der Waals surface area contributed by atoms with Gasteiger partial charge in [-0.25, -0.2) is 4.98 Å². The molecule has 0 spiro atoms. The lowest BCUT2D eigenvalue weighted by atomic mass is 9.98. The van der Waals surface area contributed by atoms with Crippen molar-refractivity contribution < 1.29 is 24.5 Å². The van der Waals surface area contributed by atoms with Gasteiger partial charge in [0.25, 0.3) is 5.91 Å². The summed E-state index contributed by atoms with van der Waals surface area (Å²) in [6.07, 6.45) is 3.52. The first-order valence-corrected chi connectivity index (χ1v) is 16.6. The average molecular weight is 645 g/mol. The van der Waals surface area contributed by atoms with Crippen LogP contribution in [0.5, 0.6) is 0 Å². The number of nitrogens with one attached hydrogen (secondary N) is 1. The van der Waals surface area contributed by atoms with Gasteiger partial charge in [-0.1, -0.05) is 78.9 Å². The van der Waals surface area contributed by atoms with Gasteiger partial charge in [0.2, 0.25) is 0 Å². The van der Waals surface area contributed by atoms with E-state index in [-0.39, 0.29) is 43.1 Å². The first kappa shape index (κ1) is 32.1. The van der Waals surface area contributed by atoms with E-state index in [2.05, 4.69) is 44.5 Å². The number of likely N-dealkylation sites (tertiary alicyclic amines) is 1. The summed E-state index contributed by atoms with van der Waals surface area (Å²) in [5.74, 6) is -0.270. The summed E-state index contributed by atoms with van der Waals surface area (Å²) >= 11 is 0. The molecular formula is C39H40N4O5. The van der Waals surface area contributed by atoms with Gasteiger partial charge in [-0.05, 0) is 65.4 Å². The van der Waals surface area contributed by atoms with Crippen molar-refractivity contribution in [3.63, 3.8) is 0 Å². The molecule has 246 valence electrons. The number of aliphatic hydroxyl groups excluding tert-OH is 2. The number of hydrogen-bond acceptors (Lipinski definition) is 8. The quantitative estimate of drug-likeness (QED) is 0.177. The van der Waals surface area contributed by atoms with Gasteiger partial charge in [-0.15, -0.1) is 0 Å². The zero-order valence-electron chi connectivity index (χ0n) is 26.7. The van der Waals surface area contributed by atoms with E-state index in [9.17, 15) is 15.0 Å². The minimum Gasteiger partial charge on any atom is -0.395 e. The van der Waals surface area contributed by atoms with Crippen LogP contribution >= 0.6 is 0 Å². The Labute approximate surface area is 280 Å². The Hall–Kier alpha value is -4.51. The van der Waals surface area contributed by atoms with E-state index in [0.29, 0.717) is 18.5 Å². The van der Waals surface area contributed by atoms with E-state index in [0.717, 1.165) is 64.8 Å². The average Bonchev–Trinajstić information content (AvgIpc) is 3.60. The Balaban J connectivity index is 1.04. The number of nitrogens with zero attached hydrogens (tertiary/aromatic N) is 3. The lowest BCUT2D eigenvalue weighted by Gasteiger charge is -2.38. The number of para-hydroxylation sites is 2. The van der Waals surface area contributed by atoms with Crippen LogP contribution in [0.2, 0.25) is 0 Å². The normalized spacial score (nSPS) is 21.4. The third kappa shape index (κ3) is 7.31. The lowest BCUT2D eigenvalue weighted by Crippen LogP contribution is -2.42. The molecule has 3 N–H and O–H groups in total. The molecule has 5 aromatic rings. The SMILES string of the molecule is O=C(NCc1cccc(-c2ccc(C3OC(CN4CCCC4CO)CC(c4ccc(CO)cc4)O3)cc2)c1)c1cnc2ccccc2n1. The zero-order chi connectivity index (χ0) is 32.9. The molecule has 2 fully saturated rings. The first-order valence-electron chi connectivity index (χ1n) is 16.6. The molecule has 4 aromatic carbocycles. The summed E-state index contributed by atoms with van der Waals surface area (Å²) in [7, 11) is 0. The number of amides is 1. The molecule has 9 nitrogen and oxygen atoms in total. The Morgan fingerprint density at radius 3 is 2.44 bits per heavy atom. The molecule has 2 saturated heterocycles. The molecule has 48 heavy (non-hydrogen) atoms. The van der Waals surface area contributed by atoms with Crippen LogP contribution in [0, 0.1) is 0 Å². The third-order valence-electron chi connectivity index (χ3n) is 9.34. The fraction of sp³-hybridized carbons (Fsp3) is 0.308. The Morgan fingerprint density at radius 1 is 0.854 bits per heavy atom. The third-order valence-corrected chi connectivity index (χ3v) is 9.34. The van der Waals surface area contributed by atoms with Gasteiger partial charge in [0.05, 0.1) is 42.7 Å². The summed E-state index contributed by atoms with van der Waals surface area (Å²) in [6, 6.07) is 31.9. The molecule has 1 aromatic heterocycles. The van der Waals surface area contributed by atoms with Crippen LogP contribution in [0.4, 0.5) is 0 Å². The maximum absolute atomic E-state index is 12.8. The largest absolute Gasteiger partial charge is 0.395 e. The number of carbonyl (C=O) groups excluding carboxylic acids is 1. The first-order chi connectivity index (χ1) is 23.6. The Kier molecular flexibility index (Phi) is 9.83. The predicted molar refractivity (Wildman–Crippen MR) is 183 cm³/mol. The highest BCUT2D eigenvalue weighted by atomic mass is 16.7. The van der Waals surface area contributed by atoms with Crippen molar-refractivity contribution >= 4 is 16.9 Å². The molecule has 7 rings (SSSR count). The molecule has 2 aliphatic rings. The van der Waals surface area contributed by atoms with Crippen LogP contribution in [0.15, 0.2) is 103 Å². The van der Waals surface area contributed by atoms with E-state index in [1.807, 2.05) is 72.8 Å². The number of rotatable bonds is 10. The molecular weight excluding hydrogens is 604 g/mol. The van der Waals surface area contributed by atoms with Gasteiger partial charge < -0.3 is 25.0 Å². The van der Waals surface area contributed by atoms with E-state index < -0.39 is 6.29 Å². The van der Waals surface area contributed by atoms with E-state index in [1.54, 1.807) is 0 Å². The molecule has 4 atom stereocenters. The number of ether oxygens (including phenoxy) is 2. The highest BCUT2D eigenvalue weighted by Gasteiger charge is 2.35. The van der Waals surface area contributed by atoms with E-state index in [4.69, 9.17) is 9.47 Å². The molecule has 0 radical (unpaired) electrons. The summed E-state index contributed by atoms with van der Waals surface area (Å²) in [4.78, 5) is 24.0. The van der Waals surface area contributed by atoms with Gasteiger partial charge in [-0.2, -0.15) is 0 Å². The molecule has 0 saturated carbocycles. The predicted octanol–water partition coefficient (Wildman–Crippen LogP) is 5.72. The summed E-state index contributed by atoms with van der Waals surface area (Å²) in [5, 5.41) is 22.4. The van der Waals surface area contributed by atoms with Crippen molar-refractivity contribution in [2.45, 2.75) is 57.0 Å². The highest BCUT2D eigenvalue weighted by molar-refractivity contribution is 5.93. The van der Waals surface area contributed by atoms with Gasteiger partial charge in [-0.3, -0.25) is 14.7 Å². The highest BCUT2D eigenvalue weighted by Crippen LogP contribution is 2.39. The minimum absolute atomic E-state index is 0.00207. The maximum Gasteiger partial charge on any atom is 0.271 e. The number of carbonyl (C=O) groups is 1. The van der Waals surface area contributed by atoms with Gasteiger partial charge in [0.1, 0.15) is 5.69 Å². The van der Waals surface area contributed by atoms with Gasteiger partial charge in [0.15, 0.2) is 6.29 Å². The van der Waals surface area contributed by atoms with Gasteiger partial charge >= 0.3 is 0 Å². The van der Waals surface area contributed by atoms with Crippen LogP contribution in [0.1, 0.15) is 64.4 Å². The van der Waals surface area contributed by atoms with Crippen molar-refractivity contribution in [1.82, 2.24) is 20.2 Å². The number of hydrogen-bond donors (Lipinski definition) is 3. The zero-order valence-corrected chi connectivity index (χ0v) is 26.7. The van der Waals surface area contributed by atoms with Crippen LogP contribution in [0.3, 0.4) is 0 Å². The smallest absolute Gasteiger partial charge is 0.271 e. The van der Waals surface area contributed by atoms with Crippen molar-refractivity contribution in [1.29, 1.82) is 0 Å². The molecule has 9 heteroatoms. The maximum atomic E-state index is 12.8. The van der Waals surface area contributed by atoms with Crippen LogP contribution in [0.25, 0.3) is 22.2 Å². The molecule has 2 aliphatic heterocycles. The van der Waals surface area contributed by atoms with E-state index >= 15 is 0 Å². The standard InChI is InChI=1S/C39H40N4O5/c44-24-26-10-12-29(13-11-26)37-20-33(23-43-18-4-7-32(43)25-45)47-39(48-37)30-16-14-28(15-17-30)31-6-3-5-27(19-31)21-41-38(46)36-22-40-34-8-1-2-9-35(34)42-36/h1-3,5-6,8-17,19,22,32-33,37,39,44-45H,4,7,18,20-21,23-25H2,(H,41,46). The summed E-state index contributed by atoms with van der Waals surface area (Å²) in [6.45, 7) is 2.22. The molecule has 0 aliphatic carbocycles. The monoisotopic (exact) mass is 644 g/mol. The van der Waals surface area contributed by atoms with Gasteiger partial charge in [0, 0.05) is 31.1 Å². The van der Waals surface area contributed by atoms with Crippen molar-refractivity contribution in [2.24, 2.45) is 0 Å². The number of fused-ring (bicyclic) bond motifs is 1. The second kappa shape index (κ2) is 14.7. The topological polar surface area (TPSA) is 117 Å². The fourth-order valence-corrected chi connectivity index (χ4v) is 6.67. The fourth-order valence-electron chi connectivity index (χ4n) is 6.67. The second-order valence-corrected chi connectivity index (χ2v) is 12.6. The van der Waals surface area contributed by atoms with Crippen molar-refractivity contribution in [3.05, 3.63) is 131 Å². The second-order valence-electron chi connectivity index (χ2n) is 12.6. The molecule has 0 bridgehead atoms. The Morgan fingerprint density at radius 2 is 1.65 bits per heavy atom. The number of benzene rings is 4.